The summed E-state index contributed by atoms with van der Waals surface area (Å²) in [6, 6.07) is 29.7. The zero-order valence-corrected chi connectivity index (χ0v) is 24.9. The first-order valence-electron chi connectivity index (χ1n) is 13.0. The van der Waals surface area contributed by atoms with Crippen LogP contribution in [0.4, 0.5) is 0 Å². The number of hydrogen-bond acceptors (Lipinski definition) is 3. The Kier molecular flexibility index (Phi) is 6.56. The van der Waals surface area contributed by atoms with Gasteiger partial charge in [-0.05, 0) is 43.4 Å². The van der Waals surface area contributed by atoms with Crippen LogP contribution in [-0.4, -0.2) is 18.9 Å². The molecule has 0 aliphatic rings. The Bertz CT molecular complexity index is 2030. The van der Waals surface area contributed by atoms with Gasteiger partial charge in [0, 0.05) is 48.2 Å². The number of pyridine rings is 1. The van der Waals surface area contributed by atoms with Crippen molar-refractivity contribution in [1.29, 1.82) is 0 Å². The number of aryl methyl sites for hydroxylation is 4. The van der Waals surface area contributed by atoms with E-state index in [1.807, 2.05) is 42.1 Å². The Morgan fingerprint density at radius 1 is 0.825 bits per heavy atom. The average molecular weight is 702 g/mol. The standard InChI is InChI=1S/C34H26N4O.Pt/c1-21-16-22(2)32(23(3)17-21)30-20-38-31-11-6-5-10-28(31)27-13-12-26(19-29(27)34(38)36-30)39-25-9-7-8-24(18-25)33-35-14-15-37(33)4;/h5-17,20H,1-4H3;/q-2;+2. The molecule has 0 spiro atoms. The van der Waals surface area contributed by atoms with Gasteiger partial charge in [-0.25, -0.2) is 0 Å². The summed E-state index contributed by atoms with van der Waals surface area (Å²) >= 11 is 0. The van der Waals surface area contributed by atoms with Crippen LogP contribution in [0.1, 0.15) is 16.7 Å². The molecule has 3 heterocycles. The van der Waals surface area contributed by atoms with Crippen LogP contribution < -0.4 is 4.74 Å². The molecule has 0 aliphatic carbocycles. The van der Waals surface area contributed by atoms with Gasteiger partial charge in [0.15, 0.2) is 0 Å². The summed E-state index contributed by atoms with van der Waals surface area (Å²) in [5, 5.41) is 3.15. The monoisotopic (exact) mass is 701 g/mol. The predicted octanol–water partition coefficient (Wildman–Crippen LogP) is 8.02. The molecule has 198 valence electrons. The Hall–Kier alpha value is -4.21. The average Bonchev–Trinajstić information content (AvgIpc) is 3.55. The maximum absolute atomic E-state index is 6.28. The molecular formula is C34H26N4OPt. The smallest absolute Gasteiger partial charge is 0.497 e. The molecule has 7 rings (SSSR count). The minimum Gasteiger partial charge on any atom is -0.497 e. The number of benzene rings is 4. The largest absolute Gasteiger partial charge is 2.00 e. The molecule has 6 heteroatoms. The molecule has 0 saturated heterocycles. The maximum atomic E-state index is 6.28. The van der Waals surface area contributed by atoms with Crippen LogP contribution in [0.2, 0.25) is 0 Å². The van der Waals surface area contributed by atoms with Crippen molar-refractivity contribution in [2.75, 3.05) is 0 Å². The second-order valence-electron chi connectivity index (χ2n) is 10.1. The molecule has 7 aromatic rings. The van der Waals surface area contributed by atoms with Crippen LogP contribution in [0.5, 0.6) is 11.5 Å². The first kappa shape index (κ1) is 26.0. The second-order valence-corrected chi connectivity index (χ2v) is 10.1. The summed E-state index contributed by atoms with van der Waals surface area (Å²) in [6.45, 7) is 6.45. The van der Waals surface area contributed by atoms with Crippen molar-refractivity contribution in [2.24, 2.45) is 7.05 Å². The van der Waals surface area contributed by atoms with Crippen LogP contribution in [0.3, 0.4) is 0 Å². The number of imidazole rings is 2. The number of para-hydroxylation sites is 1. The van der Waals surface area contributed by atoms with E-state index >= 15 is 0 Å². The van der Waals surface area contributed by atoms with E-state index in [-0.39, 0.29) is 21.1 Å². The Labute approximate surface area is 247 Å². The van der Waals surface area contributed by atoms with Crippen molar-refractivity contribution >= 4 is 27.3 Å². The van der Waals surface area contributed by atoms with Crippen molar-refractivity contribution in [1.82, 2.24) is 18.9 Å². The van der Waals surface area contributed by atoms with Crippen molar-refractivity contribution in [3.05, 3.63) is 114 Å². The number of nitrogens with zero attached hydrogens (tertiary/aromatic N) is 4. The predicted molar refractivity (Wildman–Crippen MR) is 156 cm³/mol. The summed E-state index contributed by atoms with van der Waals surface area (Å²) in [7, 11) is 1.97. The van der Waals surface area contributed by atoms with Crippen molar-refractivity contribution < 1.29 is 25.8 Å². The van der Waals surface area contributed by atoms with E-state index < -0.39 is 0 Å². The molecule has 0 radical (unpaired) electrons. The topological polar surface area (TPSA) is 44.4 Å². The van der Waals surface area contributed by atoms with Crippen LogP contribution in [0.25, 0.3) is 50.0 Å². The number of rotatable bonds is 4. The van der Waals surface area contributed by atoms with E-state index in [1.165, 1.54) is 22.3 Å². The van der Waals surface area contributed by atoms with Gasteiger partial charge >= 0.3 is 21.1 Å². The first-order valence-corrected chi connectivity index (χ1v) is 13.0. The molecule has 0 unspecified atom stereocenters. The number of aromatic nitrogens is 4. The van der Waals surface area contributed by atoms with E-state index in [4.69, 9.17) is 9.72 Å². The third kappa shape index (κ3) is 4.31. The molecule has 3 aromatic heterocycles. The zero-order valence-electron chi connectivity index (χ0n) is 22.6. The van der Waals surface area contributed by atoms with Crippen molar-refractivity contribution in [3.63, 3.8) is 0 Å². The third-order valence-electron chi connectivity index (χ3n) is 7.29. The minimum absolute atomic E-state index is 0. The molecule has 0 aliphatic heterocycles. The summed E-state index contributed by atoms with van der Waals surface area (Å²) in [6.07, 6.45) is 5.84. The fourth-order valence-electron chi connectivity index (χ4n) is 5.67. The molecule has 5 nitrogen and oxygen atoms in total. The van der Waals surface area contributed by atoms with Gasteiger partial charge in [0.1, 0.15) is 0 Å². The fraction of sp³-hybridized carbons (Fsp3) is 0.118. The first-order chi connectivity index (χ1) is 19.0. The Morgan fingerprint density at radius 2 is 1.60 bits per heavy atom. The van der Waals surface area contributed by atoms with Gasteiger partial charge in [-0.15, -0.1) is 29.8 Å². The molecule has 0 amide bonds. The summed E-state index contributed by atoms with van der Waals surface area (Å²) in [5.74, 6) is 2.06. The quantitative estimate of drug-likeness (QED) is 0.138. The van der Waals surface area contributed by atoms with Gasteiger partial charge in [0.2, 0.25) is 0 Å². The third-order valence-corrected chi connectivity index (χ3v) is 7.29. The van der Waals surface area contributed by atoms with Crippen LogP contribution in [0.15, 0.2) is 85.3 Å². The molecule has 0 N–H and O–H groups in total. The summed E-state index contributed by atoms with van der Waals surface area (Å²) in [4.78, 5) is 9.62. The van der Waals surface area contributed by atoms with Gasteiger partial charge < -0.3 is 13.7 Å². The Morgan fingerprint density at radius 3 is 2.38 bits per heavy atom. The van der Waals surface area contributed by atoms with Crippen LogP contribution in [0, 0.1) is 32.9 Å². The maximum Gasteiger partial charge on any atom is 2.00 e. The summed E-state index contributed by atoms with van der Waals surface area (Å²) in [5.41, 5.74) is 8.67. The molecular weight excluding hydrogens is 675 g/mol. The van der Waals surface area contributed by atoms with Crippen molar-refractivity contribution in [2.45, 2.75) is 20.8 Å². The van der Waals surface area contributed by atoms with Gasteiger partial charge in [-0.2, -0.15) is 0 Å². The molecule has 4 aromatic carbocycles. The molecule has 0 fully saturated rings. The Balaban J connectivity index is 0.00000289. The van der Waals surface area contributed by atoms with Crippen molar-refractivity contribution in [3.8, 4) is 34.1 Å². The number of ether oxygens (including phenoxy) is 1. The minimum atomic E-state index is 0. The van der Waals surface area contributed by atoms with Gasteiger partial charge in [-0.3, -0.25) is 9.97 Å². The van der Waals surface area contributed by atoms with E-state index in [2.05, 4.69) is 91.0 Å². The normalized spacial score (nSPS) is 11.3. The van der Waals surface area contributed by atoms with E-state index in [9.17, 15) is 0 Å². The molecule has 0 saturated carbocycles. The molecule has 0 atom stereocenters. The van der Waals surface area contributed by atoms with E-state index in [1.54, 1.807) is 6.20 Å². The second kappa shape index (κ2) is 10.1. The van der Waals surface area contributed by atoms with Crippen LogP contribution in [-0.2, 0) is 28.1 Å². The molecule has 40 heavy (non-hydrogen) atoms. The summed E-state index contributed by atoms with van der Waals surface area (Å²) < 4.78 is 10.4. The van der Waals surface area contributed by atoms with Gasteiger partial charge in [0.25, 0.3) is 0 Å². The zero-order chi connectivity index (χ0) is 26.7. The fourth-order valence-corrected chi connectivity index (χ4v) is 5.67. The van der Waals surface area contributed by atoms with E-state index in [0.29, 0.717) is 11.5 Å². The van der Waals surface area contributed by atoms with Gasteiger partial charge in [-0.1, -0.05) is 64.9 Å². The molecule has 0 bridgehead atoms. The van der Waals surface area contributed by atoms with Gasteiger partial charge in [0.05, 0.1) is 17.2 Å². The SMILES string of the molecule is Cc1cc(C)c(-c2cn3c4ccccc4c4ccc(Oc5[c-]c(-c6nccn6C)ccc5)[c-]c4c3n2)c(C)c1.[Pt+2]. The number of fused-ring (bicyclic) bond motifs is 6. The van der Waals surface area contributed by atoms with E-state index in [0.717, 1.165) is 44.4 Å². The number of hydrogen-bond donors (Lipinski definition) is 0. The van der Waals surface area contributed by atoms with Crippen LogP contribution >= 0.6 is 0 Å².